The molecule has 1 aromatic carbocycles. The number of rotatable bonds is 7. The summed E-state index contributed by atoms with van der Waals surface area (Å²) in [6, 6.07) is 8.14. The molecule has 136 valence electrons. The van der Waals surface area contributed by atoms with Crippen LogP contribution in [0.3, 0.4) is 0 Å². The van der Waals surface area contributed by atoms with Gasteiger partial charge in [-0.3, -0.25) is 5.43 Å². The molecule has 0 amide bonds. The van der Waals surface area contributed by atoms with Gasteiger partial charge < -0.3 is 19.2 Å². The molecule has 2 rings (SSSR count). The molecule has 26 heavy (non-hydrogen) atoms. The number of nitrogens with zero attached hydrogens (tertiary/aromatic N) is 1. The minimum atomic E-state index is -0.606. The number of benzene rings is 1. The number of furan rings is 1. The highest BCUT2D eigenvalue weighted by atomic mass is 32.1. The maximum atomic E-state index is 11.9. The molecule has 8 heteroatoms. The van der Waals surface area contributed by atoms with Gasteiger partial charge in [-0.1, -0.05) is 12.2 Å². The summed E-state index contributed by atoms with van der Waals surface area (Å²) in [6.45, 7) is 6.24. The third-order valence-electron chi connectivity index (χ3n) is 3.04. The second kappa shape index (κ2) is 9.38. The number of hydrazone groups is 1. The Balaban J connectivity index is 1.99. The molecule has 1 heterocycles. The van der Waals surface area contributed by atoms with Crippen LogP contribution in [0.5, 0.6) is 11.5 Å². The predicted molar refractivity (Wildman–Crippen MR) is 103 cm³/mol. The molecule has 0 aliphatic heterocycles. The number of hydrogen-bond donors (Lipinski definition) is 2. The smallest absolute Gasteiger partial charge is 0.379 e. The zero-order chi connectivity index (χ0) is 18.9. The minimum absolute atomic E-state index is 0.109. The molecule has 0 saturated heterocycles. The summed E-state index contributed by atoms with van der Waals surface area (Å²) in [5.41, 5.74) is 4.39. The molecule has 0 fully saturated rings. The minimum Gasteiger partial charge on any atom is -0.493 e. The first-order valence-corrected chi connectivity index (χ1v) is 8.05. The molecule has 0 spiro atoms. The van der Waals surface area contributed by atoms with Crippen molar-refractivity contribution < 1.29 is 18.7 Å². The number of carbonyl (C=O) groups is 1. The Kier molecular flexibility index (Phi) is 6.92. The van der Waals surface area contributed by atoms with Crippen LogP contribution in [0.1, 0.15) is 23.0 Å². The van der Waals surface area contributed by atoms with E-state index in [0.29, 0.717) is 17.4 Å². The zero-order valence-corrected chi connectivity index (χ0v) is 15.3. The molecule has 0 atom stereocenters. The summed E-state index contributed by atoms with van der Waals surface area (Å²) in [6.07, 6.45) is 2.96. The van der Waals surface area contributed by atoms with Gasteiger partial charge in [-0.05, 0) is 55.0 Å². The van der Waals surface area contributed by atoms with Gasteiger partial charge in [0.25, 0.3) is 0 Å². The van der Waals surface area contributed by atoms with Crippen molar-refractivity contribution in [2.75, 3.05) is 13.7 Å². The first kappa shape index (κ1) is 19.2. The molecule has 0 unspecified atom stereocenters. The number of ether oxygens (including phenoxy) is 2. The maximum absolute atomic E-state index is 11.9. The van der Waals surface area contributed by atoms with Gasteiger partial charge in [-0.2, -0.15) is 5.10 Å². The van der Waals surface area contributed by atoms with Crippen molar-refractivity contribution in [3.63, 3.8) is 0 Å². The van der Waals surface area contributed by atoms with Crippen molar-refractivity contribution >= 4 is 29.5 Å². The average molecular weight is 373 g/mol. The summed E-state index contributed by atoms with van der Waals surface area (Å²) in [5.74, 6) is 0.164. The van der Waals surface area contributed by atoms with E-state index >= 15 is 0 Å². The molecule has 2 aromatic rings. The van der Waals surface area contributed by atoms with E-state index < -0.39 is 5.97 Å². The number of methoxy groups -OCH3 is 1. The van der Waals surface area contributed by atoms with E-state index in [4.69, 9.17) is 26.1 Å². The number of hydrogen-bond acceptors (Lipinski definition) is 6. The number of thiocarbonyl (C=S) groups is 1. The Labute approximate surface area is 156 Å². The molecular weight excluding hydrogens is 354 g/mol. The Morgan fingerprint density at radius 1 is 1.38 bits per heavy atom. The van der Waals surface area contributed by atoms with Gasteiger partial charge in [0.15, 0.2) is 16.6 Å². The lowest BCUT2D eigenvalue weighted by Crippen LogP contribution is -2.32. The van der Waals surface area contributed by atoms with Crippen molar-refractivity contribution in [3.05, 3.63) is 60.1 Å². The van der Waals surface area contributed by atoms with Gasteiger partial charge in [0.2, 0.25) is 5.76 Å². The fraction of sp³-hybridized carbons (Fsp3) is 0.167. The van der Waals surface area contributed by atoms with Crippen molar-refractivity contribution in [3.8, 4) is 11.5 Å². The van der Waals surface area contributed by atoms with Gasteiger partial charge >= 0.3 is 5.97 Å². The van der Waals surface area contributed by atoms with E-state index in [-0.39, 0.29) is 11.5 Å². The molecule has 0 aliphatic carbocycles. The summed E-state index contributed by atoms with van der Waals surface area (Å²) < 4.78 is 15.5. The zero-order valence-electron chi connectivity index (χ0n) is 14.4. The van der Waals surface area contributed by atoms with Crippen LogP contribution in [0.4, 0.5) is 0 Å². The molecule has 0 bridgehead atoms. The monoisotopic (exact) mass is 373 g/mol. The quantitative estimate of drug-likeness (QED) is 0.193. The van der Waals surface area contributed by atoms with Gasteiger partial charge in [-0.15, -0.1) is 0 Å². The summed E-state index contributed by atoms with van der Waals surface area (Å²) in [7, 11) is 1.48. The first-order valence-electron chi connectivity index (χ1n) is 7.64. The molecular formula is C18H19N3O4S. The van der Waals surface area contributed by atoms with Crippen molar-refractivity contribution in [1.82, 2.24) is 10.7 Å². The standard InChI is InChI=1S/C18H19N3O4S/c1-12(2)10-19-18(26)21-20-11-13-6-7-14(16(9-13)23-3)25-17(22)15-5-4-8-24-15/h4-9,11H,1,10H2,2-3H3,(H2,19,21,26)/b20-11+. The lowest BCUT2D eigenvalue weighted by molar-refractivity contribution is 0.0696. The summed E-state index contributed by atoms with van der Waals surface area (Å²) >= 11 is 5.08. The van der Waals surface area contributed by atoms with E-state index in [9.17, 15) is 4.79 Å². The van der Waals surface area contributed by atoms with Gasteiger partial charge in [0.1, 0.15) is 0 Å². The normalized spacial score (nSPS) is 10.4. The highest BCUT2D eigenvalue weighted by Crippen LogP contribution is 2.28. The van der Waals surface area contributed by atoms with E-state index in [2.05, 4.69) is 22.4 Å². The van der Waals surface area contributed by atoms with E-state index in [1.807, 2.05) is 6.92 Å². The molecule has 0 saturated carbocycles. The van der Waals surface area contributed by atoms with E-state index in [1.54, 1.807) is 30.5 Å². The third kappa shape index (κ3) is 5.75. The Morgan fingerprint density at radius 3 is 2.85 bits per heavy atom. The van der Waals surface area contributed by atoms with Crippen LogP contribution in [0, 0.1) is 0 Å². The van der Waals surface area contributed by atoms with E-state index in [0.717, 1.165) is 11.1 Å². The number of esters is 1. The van der Waals surface area contributed by atoms with Crippen molar-refractivity contribution in [1.29, 1.82) is 0 Å². The molecule has 2 N–H and O–H groups in total. The highest BCUT2D eigenvalue weighted by molar-refractivity contribution is 7.80. The second-order valence-electron chi connectivity index (χ2n) is 5.29. The number of nitrogens with one attached hydrogen (secondary N) is 2. The molecule has 0 radical (unpaired) electrons. The van der Waals surface area contributed by atoms with Gasteiger partial charge in [0.05, 0.1) is 19.6 Å². The average Bonchev–Trinajstić information content (AvgIpc) is 3.16. The third-order valence-corrected chi connectivity index (χ3v) is 3.28. The van der Waals surface area contributed by atoms with Crippen LogP contribution in [0.2, 0.25) is 0 Å². The predicted octanol–water partition coefficient (Wildman–Crippen LogP) is 2.88. The van der Waals surface area contributed by atoms with Crippen LogP contribution in [0.25, 0.3) is 0 Å². The van der Waals surface area contributed by atoms with Crippen LogP contribution >= 0.6 is 12.2 Å². The maximum Gasteiger partial charge on any atom is 0.379 e. The Bertz CT molecular complexity index is 816. The second-order valence-corrected chi connectivity index (χ2v) is 5.70. The fourth-order valence-corrected chi connectivity index (χ4v) is 1.95. The van der Waals surface area contributed by atoms with Crippen LogP contribution in [0.15, 0.2) is 58.3 Å². The first-order chi connectivity index (χ1) is 12.5. The fourth-order valence-electron chi connectivity index (χ4n) is 1.83. The van der Waals surface area contributed by atoms with Crippen LogP contribution in [-0.2, 0) is 0 Å². The molecule has 7 nitrogen and oxygen atoms in total. The summed E-state index contributed by atoms with van der Waals surface area (Å²) in [4.78, 5) is 11.9. The lowest BCUT2D eigenvalue weighted by Gasteiger charge is -2.09. The molecule has 1 aromatic heterocycles. The SMILES string of the molecule is C=C(C)CNC(=S)N/N=C/c1ccc(OC(=O)c2ccco2)c(OC)c1. The largest absolute Gasteiger partial charge is 0.493 e. The van der Waals surface area contributed by atoms with Crippen molar-refractivity contribution in [2.45, 2.75) is 6.92 Å². The van der Waals surface area contributed by atoms with Crippen molar-refractivity contribution in [2.24, 2.45) is 5.10 Å². The van der Waals surface area contributed by atoms with Crippen LogP contribution < -0.4 is 20.2 Å². The van der Waals surface area contributed by atoms with Gasteiger partial charge in [-0.25, -0.2) is 4.79 Å². The Morgan fingerprint density at radius 2 is 2.19 bits per heavy atom. The lowest BCUT2D eigenvalue weighted by atomic mass is 10.2. The Hall–Kier alpha value is -3.13. The van der Waals surface area contributed by atoms with Gasteiger partial charge in [0, 0.05) is 6.54 Å². The molecule has 0 aliphatic rings. The number of carbonyl (C=O) groups excluding carboxylic acids is 1. The highest BCUT2D eigenvalue weighted by Gasteiger charge is 2.14. The summed E-state index contributed by atoms with van der Waals surface area (Å²) in [5, 5.41) is 7.38. The van der Waals surface area contributed by atoms with Crippen LogP contribution in [-0.4, -0.2) is 31.0 Å². The topological polar surface area (TPSA) is 85.1 Å². The van der Waals surface area contributed by atoms with E-state index in [1.165, 1.54) is 19.4 Å².